The van der Waals surface area contributed by atoms with Crippen LogP contribution < -0.4 is 16.0 Å². The summed E-state index contributed by atoms with van der Waals surface area (Å²) in [6.07, 6.45) is 2.46. The molecule has 2 aromatic heterocycles. The van der Waals surface area contributed by atoms with Gasteiger partial charge in [-0.15, -0.1) is 11.3 Å². The van der Waals surface area contributed by atoms with Crippen LogP contribution in [0.25, 0.3) is 0 Å². The molecule has 0 amide bonds. The average molecular weight is 289 g/mol. The summed E-state index contributed by atoms with van der Waals surface area (Å²) in [6.45, 7) is 3.76. The fraction of sp³-hybridized carbons (Fsp3) is 0.429. The van der Waals surface area contributed by atoms with Crippen molar-refractivity contribution in [2.75, 3.05) is 22.5 Å². The van der Waals surface area contributed by atoms with Crippen LogP contribution in [0.2, 0.25) is 0 Å². The molecule has 0 saturated heterocycles. The third-order valence-electron chi connectivity index (χ3n) is 3.28. The summed E-state index contributed by atoms with van der Waals surface area (Å²) in [5.74, 6) is 2.05. The molecule has 5 nitrogen and oxygen atoms in total. The summed E-state index contributed by atoms with van der Waals surface area (Å²) < 4.78 is 0. The fourth-order valence-corrected chi connectivity index (χ4v) is 2.93. The molecule has 20 heavy (non-hydrogen) atoms. The lowest BCUT2D eigenvalue weighted by Crippen LogP contribution is -2.26. The molecular formula is C14H19N5S. The number of nitrogen functional groups attached to an aromatic ring is 1. The number of nitrogens with zero attached hydrogens (tertiary/aromatic N) is 3. The molecule has 0 radical (unpaired) electrons. The van der Waals surface area contributed by atoms with E-state index < -0.39 is 0 Å². The highest BCUT2D eigenvalue weighted by Gasteiger charge is 2.30. The molecule has 0 atom stereocenters. The van der Waals surface area contributed by atoms with E-state index >= 15 is 0 Å². The van der Waals surface area contributed by atoms with E-state index in [4.69, 9.17) is 5.73 Å². The quantitative estimate of drug-likeness (QED) is 0.856. The molecule has 1 aliphatic carbocycles. The number of nitrogens with one attached hydrogen (secondary N) is 1. The first kappa shape index (κ1) is 13.2. The summed E-state index contributed by atoms with van der Waals surface area (Å²) in [5.41, 5.74) is 5.84. The average Bonchev–Trinajstić information content (AvgIpc) is 3.12. The van der Waals surface area contributed by atoms with E-state index in [-0.39, 0.29) is 0 Å². The molecule has 6 heteroatoms. The molecular weight excluding hydrogens is 270 g/mol. The van der Waals surface area contributed by atoms with Gasteiger partial charge in [-0.05, 0) is 31.2 Å². The number of nitrogens with two attached hydrogens (primary N) is 1. The predicted octanol–water partition coefficient (Wildman–Crippen LogP) is 2.72. The maximum Gasteiger partial charge on any atom is 0.223 e. The van der Waals surface area contributed by atoms with Crippen LogP contribution in [-0.2, 0) is 6.54 Å². The molecule has 0 aromatic carbocycles. The molecule has 1 saturated carbocycles. The van der Waals surface area contributed by atoms with Crippen molar-refractivity contribution in [1.82, 2.24) is 9.97 Å². The van der Waals surface area contributed by atoms with Gasteiger partial charge in [0.2, 0.25) is 5.95 Å². The molecule has 0 spiro atoms. The second-order valence-electron chi connectivity index (χ2n) is 4.94. The Bertz CT molecular complexity index is 565. The highest BCUT2D eigenvalue weighted by atomic mass is 32.1. The standard InChI is InChI=1S/C14H19N5S/c1-2-16-12-8-13(18-14(15)17-12)19(10-5-6-10)9-11-4-3-7-20-11/h3-4,7-8,10H,2,5-6,9H2,1H3,(H3,15,16,17,18). The van der Waals surface area contributed by atoms with E-state index in [1.807, 2.05) is 13.0 Å². The van der Waals surface area contributed by atoms with Crippen LogP contribution in [0.1, 0.15) is 24.6 Å². The Labute approximate surface area is 122 Å². The van der Waals surface area contributed by atoms with Gasteiger partial charge in [0.25, 0.3) is 0 Å². The lowest BCUT2D eigenvalue weighted by molar-refractivity contribution is 0.785. The van der Waals surface area contributed by atoms with E-state index in [9.17, 15) is 0 Å². The van der Waals surface area contributed by atoms with Crippen molar-refractivity contribution in [2.45, 2.75) is 32.4 Å². The minimum absolute atomic E-state index is 0.329. The number of anilines is 3. The van der Waals surface area contributed by atoms with Crippen molar-refractivity contribution in [3.8, 4) is 0 Å². The van der Waals surface area contributed by atoms with E-state index in [1.54, 1.807) is 11.3 Å². The highest BCUT2D eigenvalue weighted by Crippen LogP contribution is 2.33. The topological polar surface area (TPSA) is 67.1 Å². The second-order valence-corrected chi connectivity index (χ2v) is 5.97. The van der Waals surface area contributed by atoms with Gasteiger partial charge in [-0.2, -0.15) is 9.97 Å². The second kappa shape index (κ2) is 5.66. The van der Waals surface area contributed by atoms with Gasteiger partial charge in [0.1, 0.15) is 11.6 Å². The number of rotatable bonds is 6. The zero-order chi connectivity index (χ0) is 13.9. The van der Waals surface area contributed by atoms with Crippen LogP contribution in [-0.4, -0.2) is 22.6 Å². The lowest BCUT2D eigenvalue weighted by Gasteiger charge is -2.23. The van der Waals surface area contributed by atoms with E-state index in [2.05, 4.69) is 37.7 Å². The smallest absolute Gasteiger partial charge is 0.223 e. The van der Waals surface area contributed by atoms with Crippen molar-refractivity contribution in [2.24, 2.45) is 0 Å². The van der Waals surface area contributed by atoms with Crippen LogP contribution >= 0.6 is 11.3 Å². The summed E-state index contributed by atoms with van der Waals surface area (Å²) in [5, 5.41) is 5.32. The fourth-order valence-electron chi connectivity index (χ4n) is 2.23. The van der Waals surface area contributed by atoms with Gasteiger partial charge in [-0.1, -0.05) is 6.07 Å². The van der Waals surface area contributed by atoms with Gasteiger partial charge < -0.3 is 16.0 Å². The van der Waals surface area contributed by atoms with Gasteiger partial charge in [-0.3, -0.25) is 0 Å². The third-order valence-corrected chi connectivity index (χ3v) is 4.14. The largest absolute Gasteiger partial charge is 0.370 e. The van der Waals surface area contributed by atoms with Crippen LogP contribution in [0.3, 0.4) is 0 Å². The summed E-state index contributed by atoms with van der Waals surface area (Å²) in [4.78, 5) is 12.3. The zero-order valence-electron chi connectivity index (χ0n) is 11.5. The van der Waals surface area contributed by atoms with Gasteiger partial charge in [0, 0.05) is 23.5 Å². The Hall–Kier alpha value is -1.82. The van der Waals surface area contributed by atoms with Crippen molar-refractivity contribution >= 4 is 28.9 Å². The van der Waals surface area contributed by atoms with Crippen molar-refractivity contribution < 1.29 is 0 Å². The molecule has 2 aromatic rings. The Balaban J connectivity index is 1.86. The van der Waals surface area contributed by atoms with Crippen LogP contribution in [0.4, 0.5) is 17.6 Å². The van der Waals surface area contributed by atoms with Crippen molar-refractivity contribution in [1.29, 1.82) is 0 Å². The van der Waals surface area contributed by atoms with E-state index in [0.717, 1.165) is 24.7 Å². The zero-order valence-corrected chi connectivity index (χ0v) is 12.4. The summed E-state index contributed by atoms with van der Waals surface area (Å²) in [7, 11) is 0. The number of aromatic nitrogens is 2. The monoisotopic (exact) mass is 289 g/mol. The normalized spacial score (nSPS) is 14.2. The van der Waals surface area contributed by atoms with Gasteiger partial charge >= 0.3 is 0 Å². The van der Waals surface area contributed by atoms with Gasteiger partial charge in [-0.25, -0.2) is 0 Å². The first-order chi connectivity index (χ1) is 9.76. The Morgan fingerprint density at radius 1 is 1.45 bits per heavy atom. The molecule has 1 aliphatic rings. The van der Waals surface area contributed by atoms with Gasteiger partial charge in [0.15, 0.2) is 0 Å². The molecule has 2 heterocycles. The molecule has 0 bridgehead atoms. The molecule has 0 aliphatic heterocycles. The molecule has 0 unspecified atom stereocenters. The number of hydrogen-bond acceptors (Lipinski definition) is 6. The molecule has 1 fully saturated rings. The molecule has 3 rings (SSSR count). The minimum Gasteiger partial charge on any atom is -0.370 e. The Morgan fingerprint density at radius 2 is 2.30 bits per heavy atom. The third kappa shape index (κ3) is 3.01. The highest BCUT2D eigenvalue weighted by molar-refractivity contribution is 7.09. The SMILES string of the molecule is CCNc1cc(N(Cc2cccs2)C2CC2)nc(N)n1. The number of hydrogen-bond donors (Lipinski definition) is 2. The predicted molar refractivity (Wildman–Crippen MR) is 84.1 cm³/mol. The maximum atomic E-state index is 5.84. The van der Waals surface area contributed by atoms with E-state index in [0.29, 0.717) is 12.0 Å². The van der Waals surface area contributed by atoms with Gasteiger partial charge in [0.05, 0.1) is 6.54 Å². The summed E-state index contributed by atoms with van der Waals surface area (Å²) in [6, 6.07) is 6.83. The first-order valence-corrected chi connectivity index (χ1v) is 7.81. The van der Waals surface area contributed by atoms with Crippen LogP contribution in [0.15, 0.2) is 23.6 Å². The van der Waals surface area contributed by atoms with Crippen LogP contribution in [0, 0.1) is 0 Å². The molecule has 3 N–H and O–H groups in total. The maximum absolute atomic E-state index is 5.84. The number of thiophene rings is 1. The Morgan fingerprint density at radius 3 is 2.95 bits per heavy atom. The summed E-state index contributed by atoms with van der Waals surface area (Å²) >= 11 is 1.78. The van der Waals surface area contributed by atoms with Crippen molar-refractivity contribution in [3.63, 3.8) is 0 Å². The van der Waals surface area contributed by atoms with Crippen molar-refractivity contribution in [3.05, 3.63) is 28.5 Å². The van der Waals surface area contributed by atoms with Crippen LogP contribution in [0.5, 0.6) is 0 Å². The first-order valence-electron chi connectivity index (χ1n) is 6.93. The van der Waals surface area contributed by atoms with E-state index in [1.165, 1.54) is 17.7 Å². The lowest BCUT2D eigenvalue weighted by atomic mass is 10.3. The Kier molecular flexibility index (Phi) is 3.73. The minimum atomic E-state index is 0.329. The molecule has 106 valence electrons.